The van der Waals surface area contributed by atoms with E-state index < -0.39 is 0 Å². The van der Waals surface area contributed by atoms with E-state index in [2.05, 4.69) is 21.2 Å². The van der Waals surface area contributed by atoms with Gasteiger partial charge in [-0.15, -0.1) is 0 Å². The van der Waals surface area contributed by atoms with E-state index >= 15 is 0 Å². The Labute approximate surface area is 114 Å². The van der Waals surface area contributed by atoms with Crippen LogP contribution in [-0.2, 0) is 0 Å². The molecule has 0 saturated heterocycles. The summed E-state index contributed by atoms with van der Waals surface area (Å²) in [4.78, 5) is 11.9. The van der Waals surface area contributed by atoms with Gasteiger partial charge in [-0.2, -0.15) is 0 Å². The van der Waals surface area contributed by atoms with Gasteiger partial charge < -0.3 is 10.4 Å². The summed E-state index contributed by atoms with van der Waals surface area (Å²) in [5.41, 5.74) is 0.446. The lowest BCUT2D eigenvalue weighted by Gasteiger charge is -2.19. The van der Waals surface area contributed by atoms with Gasteiger partial charge in [-0.05, 0) is 31.0 Å². The van der Waals surface area contributed by atoms with Crippen molar-refractivity contribution in [1.29, 1.82) is 0 Å². The highest BCUT2D eigenvalue weighted by atomic mass is 79.9. The van der Waals surface area contributed by atoms with Gasteiger partial charge in [-0.25, -0.2) is 0 Å². The number of alkyl halides is 1. The van der Waals surface area contributed by atoms with E-state index in [9.17, 15) is 9.90 Å². The highest BCUT2D eigenvalue weighted by Gasteiger charge is 2.15. The van der Waals surface area contributed by atoms with Crippen LogP contribution in [0.25, 0.3) is 0 Å². The number of hydrogen-bond acceptors (Lipinski definition) is 2. The Kier molecular flexibility index (Phi) is 5.28. The van der Waals surface area contributed by atoms with Crippen molar-refractivity contribution in [2.24, 2.45) is 5.92 Å². The molecule has 1 aromatic carbocycles. The number of amides is 1. The van der Waals surface area contributed by atoms with Crippen molar-refractivity contribution in [3.05, 3.63) is 28.8 Å². The molecule has 0 aliphatic carbocycles. The molecule has 0 heterocycles. The van der Waals surface area contributed by atoms with E-state index in [0.29, 0.717) is 11.5 Å². The van der Waals surface area contributed by atoms with Crippen LogP contribution in [0.5, 0.6) is 5.75 Å². The van der Waals surface area contributed by atoms with Crippen LogP contribution in [0.4, 0.5) is 0 Å². The summed E-state index contributed by atoms with van der Waals surface area (Å²) in [6.45, 7) is 4.00. The lowest BCUT2D eigenvalue weighted by molar-refractivity contribution is 0.0931. The minimum Gasteiger partial charge on any atom is -0.506 e. The third-order valence-corrected chi connectivity index (χ3v) is 3.99. The summed E-state index contributed by atoms with van der Waals surface area (Å²) >= 11 is 9.12. The van der Waals surface area contributed by atoms with Crippen molar-refractivity contribution in [3.8, 4) is 5.75 Å². The number of phenolic OH excluding ortho intramolecular Hbond substituents is 1. The van der Waals surface area contributed by atoms with Crippen LogP contribution < -0.4 is 5.32 Å². The summed E-state index contributed by atoms with van der Waals surface area (Å²) < 4.78 is 0. The average molecular weight is 321 g/mol. The first-order valence-electron chi connectivity index (χ1n) is 5.31. The molecule has 3 nitrogen and oxygen atoms in total. The van der Waals surface area contributed by atoms with E-state index in [1.54, 1.807) is 6.07 Å². The Morgan fingerprint density at radius 1 is 1.53 bits per heavy atom. The van der Waals surface area contributed by atoms with Gasteiger partial charge >= 0.3 is 0 Å². The Hall–Kier alpha value is -0.740. The maximum atomic E-state index is 11.9. The molecular weight excluding hydrogens is 305 g/mol. The molecule has 0 saturated carbocycles. The smallest absolute Gasteiger partial charge is 0.251 e. The van der Waals surface area contributed by atoms with Crippen LogP contribution in [-0.4, -0.2) is 22.4 Å². The number of aromatic hydroxyl groups is 1. The van der Waals surface area contributed by atoms with Crippen molar-refractivity contribution in [1.82, 2.24) is 5.32 Å². The Balaban J connectivity index is 2.73. The van der Waals surface area contributed by atoms with Crippen molar-refractivity contribution >= 4 is 33.4 Å². The van der Waals surface area contributed by atoms with Gasteiger partial charge in [0.05, 0.1) is 5.02 Å². The molecule has 5 heteroatoms. The van der Waals surface area contributed by atoms with Crippen LogP contribution in [0.15, 0.2) is 18.2 Å². The molecule has 17 heavy (non-hydrogen) atoms. The maximum absolute atomic E-state index is 11.9. The summed E-state index contributed by atoms with van der Waals surface area (Å²) in [7, 11) is 0. The van der Waals surface area contributed by atoms with E-state index in [0.717, 1.165) is 5.33 Å². The van der Waals surface area contributed by atoms with Crippen molar-refractivity contribution in [3.63, 3.8) is 0 Å². The normalized spacial score (nSPS) is 14.1. The molecule has 0 bridgehead atoms. The zero-order chi connectivity index (χ0) is 13.0. The molecule has 0 aliphatic heterocycles. The molecule has 2 atom stereocenters. The van der Waals surface area contributed by atoms with Gasteiger partial charge in [0.15, 0.2) is 0 Å². The molecule has 2 unspecified atom stereocenters. The number of halogens is 2. The SMILES string of the molecule is CC(CBr)C(C)NC(=O)c1ccc(O)c(Cl)c1. The molecule has 2 N–H and O–H groups in total. The van der Waals surface area contributed by atoms with Crippen LogP contribution in [0, 0.1) is 5.92 Å². The Morgan fingerprint density at radius 2 is 2.18 bits per heavy atom. The molecule has 94 valence electrons. The van der Waals surface area contributed by atoms with E-state index in [4.69, 9.17) is 11.6 Å². The molecule has 0 spiro atoms. The second-order valence-electron chi connectivity index (χ2n) is 4.06. The molecule has 1 aromatic rings. The quantitative estimate of drug-likeness (QED) is 0.837. The number of phenols is 1. The summed E-state index contributed by atoms with van der Waals surface area (Å²) in [5.74, 6) is 0.129. The third-order valence-electron chi connectivity index (χ3n) is 2.67. The second-order valence-corrected chi connectivity index (χ2v) is 5.11. The van der Waals surface area contributed by atoms with Gasteiger partial charge in [0.1, 0.15) is 5.75 Å². The summed E-state index contributed by atoms with van der Waals surface area (Å²) in [6.07, 6.45) is 0. The topological polar surface area (TPSA) is 49.3 Å². The third kappa shape index (κ3) is 3.89. The predicted octanol–water partition coefficient (Wildman–Crippen LogP) is 3.19. The van der Waals surface area contributed by atoms with E-state index in [-0.39, 0.29) is 22.7 Å². The maximum Gasteiger partial charge on any atom is 0.251 e. The molecule has 0 radical (unpaired) electrons. The zero-order valence-electron chi connectivity index (χ0n) is 9.71. The largest absolute Gasteiger partial charge is 0.506 e. The minimum absolute atomic E-state index is 0.0231. The number of hydrogen-bond donors (Lipinski definition) is 2. The minimum atomic E-state index is -0.188. The molecule has 0 fully saturated rings. The Bertz CT molecular complexity index is 411. The van der Waals surface area contributed by atoms with Crippen molar-refractivity contribution in [2.45, 2.75) is 19.9 Å². The highest BCUT2D eigenvalue weighted by molar-refractivity contribution is 9.09. The fourth-order valence-electron chi connectivity index (χ4n) is 1.21. The van der Waals surface area contributed by atoms with Gasteiger partial charge in [0.25, 0.3) is 5.91 Å². The molecule has 0 aliphatic rings. The van der Waals surface area contributed by atoms with E-state index in [1.165, 1.54) is 12.1 Å². The van der Waals surface area contributed by atoms with Crippen molar-refractivity contribution < 1.29 is 9.90 Å². The van der Waals surface area contributed by atoms with Crippen LogP contribution >= 0.6 is 27.5 Å². The highest BCUT2D eigenvalue weighted by Crippen LogP contribution is 2.23. The lowest BCUT2D eigenvalue weighted by atomic mass is 10.1. The molecule has 0 aromatic heterocycles. The number of nitrogens with one attached hydrogen (secondary N) is 1. The predicted molar refractivity (Wildman–Crippen MR) is 73.0 cm³/mol. The Morgan fingerprint density at radius 3 is 2.71 bits per heavy atom. The van der Waals surface area contributed by atoms with Crippen LogP contribution in [0.1, 0.15) is 24.2 Å². The number of carbonyl (C=O) groups excluding carboxylic acids is 1. The van der Waals surface area contributed by atoms with Crippen LogP contribution in [0.3, 0.4) is 0 Å². The first kappa shape index (κ1) is 14.3. The number of rotatable bonds is 4. The first-order valence-corrected chi connectivity index (χ1v) is 6.81. The monoisotopic (exact) mass is 319 g/mol. The second kappa shape index (κ2) is 6.26. The molecular formula is C12H15BrClNO2. The van der Waals surface area contributed by atoms with Crippen LogP contribution in [0.2, 0.25) is 5.02 Å². The average Bonchev–Trinajstić information content (AvgIpc) is 2.31. The van der Waals surface area contributed by atoms with Gasteiger partial charge in [0, 0.05) is 16.9 Å². The first-order chi connectivity index (χ1) is 7.95. The fourth-order valence-corrected chi connectivity index (χ4v) is 1.96. The van der Waals surface area contributed by atoms with Gasteiger partial charge in [-0.3, -0.25) is 4.79 Å². The molecule has 1 rings (SSSR count). The van der Waals surface area contributed by atoms with Gasteiger partial charge in [-0.1, -0.05) is 34.5 Å². The summed E-state index contributed by atoms with van der Waals surface area (Å²) in [6, 6.07) is 4.48. The number of carbonyl (C=O) groups is 1. The molecule has 1 amide bonds. The summed E-state index contributed by atoms with van der Waals surface area (Å²) in [5, 5.41) is 13.2. The van der Waals surface area contributed by atoms with E-state index in [1.807, 2.05) is 13.8 Å². The lowest BCUT2D eigenvalue weighted by Crippen LogP contribution is -2.37. The fraction of sp³-hybridized carbons (Fsp3) is 0.417. The number of benzene rings is 1. The van der Waals surface area contributed by atoms with Gasteiger partial charge in [0.2, 0.25) is 0 Å². The zero-order valence-corrected chi connectivity index (χ0v) is 12.0. The standard InChI is InChI=1S/C12H15BrClNO2/c1-7(6-13)8(2)15-12(17)9-3-4-11(16)10(14)5-9/h3-5,7-8,16H,6H2,1-2H3,(H,15,17). The van der Waals surface area contributed by atoms with Crippen molar-refractivity contribution in [2.75, 3.05) is 5.33 Å².